The summed E-state index contributed by atoms with van der Waals surface area (Å²) in [6.07, 6.45) is 7.08. The molecular weight excluding hydrogens is 422 g/mol. The van der Waals surface area contributed by atoms with Gasteiger partial charge in [-0.1, -0.05) is 38.3 Å². The van der Waals surface area contributed by atoms with Gasteiger partial charge in [-0.05, 0) is 49.1 Å². The zero-order valence-corrected chi connectivity index (χ0v) is 19.3. The molecule has 1 atom stereocenters. The van der Waals surface area contributed by atoms with Gasteiger partial charge in [0.05, 0.1) is 19.9 Å². The molecule has 8 nitrogen and oxygen atoms in total. The highest BCUT2D eigenvalue weighted by Crippen LogP contribution is 2.26. The lowest BCUT2D eigenvalue weighted by molar-refractivity contribution is -0.140. The zero-order chi connectivity index (χ0) is 23.6. The third-order valence-electron chi connectivity index (χ3n) is 5.91. The summed E-state index contributed by atoms with van der Waals surface area (Å²) in [6, 6.07) is 9.66. The van der Waals surface area contributed by atoms with Crippen LogP contribution in [0.3, 0.4) is 0 Å². The van der Waals surface area contributed by atoms with Crippen LogP contribution in [-0.2, 0) is 9.59 Å². The van der Waals surface area contributed by atoms with Crippen LogP contribution >= 0.6 is 0 Å². The highest BCUT2D eigenvalue weighted by molar-refractivity contribution is 5.95. The summed E-state index contributed by atoms with van der Waals surface area (Å²) in [5.41, 5.74) is 0.702. The van der Waals surface area contributed by atoms with Gasteiger partial charge >= 0.3 is 0 Å². The number of nitrogens with zero attached hydrogens (tertiary/aromatic N) is 1. The molecule has 178 valence electrons. The van der Waals surface area contributed by atoms with E-state index in [9.17, 15) is 14.4 Å². The lowest BCUT2D eigenvalue weighted by Gasteiger charge is -2.32. The van der Waals surface area contributed by atoms with E-state index in [4.69, 9.17) is 9.15 Å². The molecule has 0 spiro atoms. The van der Waals surface area contributed by atoms with E-state index in [0.717, 1.165) is 38.5 Å². The number of hydrogen-bond donors (Lipinski definition) is 2. The molecule has 0 radical (unpaired) electrons. The molecule has 1 saturated carbocycles. The Hall–Kier alpha value is -3.29. The van der Waals surface area contributed by atoms with Crippen molar-refractivity contribution in [3.8, 4) is 5.75 Å². The van der Waals surface area contributed by atoms with Crippen molar-refractivity contribution < 1.29 is 23.5 Å². The van der Waals surface area contributed by atoms with Crippen molar-refractivity contribution in [1.29, 1.82) is 0 Å². The second-order valence-corrected chi connectivity index (χ2v) is 8.27. The SMILES string of the molecule is CCCCN(C(=O)CNC(=O)c1ccco1)[C@H](C(=O)NC1CCCC1)c1ccc(OC)cc1. The molecular formula is C25H33N3O5. The monoisotopic (exact) mass is 455 g/mol. The van der Waals surface area contributed by atoms with Gasteiger partial charge < -0.3 is 24.7 Å². The number of furan rings is 1. The van der Waals surface area contributed by atoms with E-state index >= 15 is 0 Å². The van der Waals surface area contributed by atoms with Crippen molar-refractivity contribution in [1.82, 2.24) is 15.5 Å². The molecule has 8 heteroatoms. The number of hydrogen-bond acceptors (Lipinski definition) is 5. The third-order valence-corrected chi connectivity index (χ3v) is 5.91. The van der Waals surface area contributed by atoms with E-state index in [1.165, 1.54) is 12.3 Å². The molecule has 2 N–H and O–H groups in total. The Morgan fingerprint density at radius 1 is 1.15 bits per heavy atom. The highest BCUT2D eigenvalue weighted by Gasteiger charge is 2.33. The lowest BCUT2D eigenvalue weighted by Crippen LogP contribution is -2.49. The number of amides is 3. The predicted octanol–water partition coefficient (Wildman–Crippen LogP) is 3.45. The van der Waals surface area contributed by atoms with Crippen LogP contribution < -0.4 is 15.4 Å². The quantitative estimate of drug-likeness (QED) is 0.541. The van der Waals surface area contributed by atoms with Crippen molar-refractivity contribution in [3.05, 3.63) is 54.0 Å². The van der Waals surface area contributed by atoms with Crippen LogP contribution in [0.2, 0.25) is 0 Å². The Balaban J connectivity index is 1.82. The number of ether oxygens (including phenoxy) is 1. The summed E-state index contributed by atoms with van der Waals surface area (Å²) in [7, 11) is 1.58. The van der Waals surface area contributed by atoms with Gasteiger partial charge in [-0.25, -0.2) is 0 Å². The summed E-state index contributed by atoms with van der Waals surface area (Å²) in [4.78, 5) is 40.5. The number of rotatable bonds is 11. The Kier molecular flexibility index (Phi) is 8.92. The van der Waals surface area contributed by atoms with Crippen LogP contribution in [0.15, 0.2) is 47.1 Å². The second kappa shape index (κ2) is 12.1. The summed E-state index contributed by atoms with van der Waals surface area (Å²) in [5.74, 6) is -0.195. The minimum atomic E-state index is -0.795. The standard InChI is InChI=1S/C25H33N3O5/c1-3-4-15-28(22(29)17-26-24(30)21-10-7-16-33-21)23(18-11-13-20(32-2)14-12-18)25(31)27-19-8-5-6-9-19/h7,10-14,16,19,23H,3-6,8-9,15,17H2,1-2H3,(H,26,30)(H,27,31)/t23-/m0/s1. The zero-order valence-electron chi connectivity index (χ0n) is 19.3. The molecule has 1 fully saturated rings. The minimum Gasteiger partial charge on any atom is -0.497 e. The molecule has 3 rings (SSSR count). The Bertz CT molecular complexity index is 905. The summed E-state index contributed by atoms with van der Waals surface area (Å²) in [6.45, 7) is 2.20. The van der Waals surface area contributed by atoms with E-state index in [2.05, 4.69) is 10.6 Å². The molecule has 1 heterocycles. The summed E-state index contributed by atoms with van der Waals surface area (Å²) in [5, 5.41) is 5.74. The van der Waals surface area contributed by atoms with Crippen molar-refractivity contribution in [2.24, 2.45) is 0 Å². The van der Waals surface area contributed by atoms with Gasteiger partial charge in [0.1, 0.15) is 11.8 Å². The van der Waals surface area contributed by atoms with E-state index in [0.29, 0.717) is 17.9 Å². The van der Waals surface area contributed by atoms with Crippen LogP contribution in [0.5, 0.6) is 5.75 Å². The number of benzene rings is 1. The maximum absolute atomic E-state index is 13.4. The van der Waals surface area contributed by atoms with Crippen molar-refractivity contribution >= 4 is 17.7 Å². The van der Waals surface area contributed by atoms with Gasteiger partial charge in [0.25, 0.3) is 5.91 Å². The first-order chi connectivity index (χ1) is 16.0. The smallest absolute Gasteiger partial charge is 0.287 e. The largest absolute Gasteiger partial charge is 0.497 e. The van der Waals surface area contributed by atoms with E-state index in [1.807, 2.05) is 19.1 Å². The first-order valence-electron chi connectivity index (χ1n) is 11.6. The van der Waals surface area contributed by atoms with Gasteiger partial charge in [0.2, 0.25) is 11.8 Å². The maximum atomic E-state index is 13.4. The Morgan fingerprint density at radius 2 is 1.88 bits per heavy atom. The maximum Gasteiger partial charge on any atom is 0.287 e. The second-order valence-electron chi connectivity index (χ2n) is 8.27. The molecule has 3 amide bonds. The lowest BCUT2D eigenvalue weighted by atomic mass is 10.0. The first-order valence-corrected chi connectivity index (χ1v) is 11.6. The van der Waals surface area contributed by atoms with Crippen LogP contribution in [0, 0.1) is 0 Å². The molecule has 1 aromatic heterocycles. The highest BCUT2D eigenvalue weighted by atomic mass is 16.5. The number of carbonyl (C=O) groups is 3. The number of methoxy groups -OCH3 is 1. The molecule has 0 unspecified atom stereocenters. The number of nitrogens with one attached hydrogen (secondary N) is 2. The van der Waals surface area contributed by atoms with Crippen molar-refractivity contribution in [2.75, 3.05) is 20.2 Å². The van der Waals surface area contributed by atoms with Crippen LogP contribution in [-0.4, -0.2) is 48.9 Å². The fourth-order valence-corrected chi connectivity index (χ4v) is 4.09. The van der Waals surface area contributed by atoms with Gasteiger partial charge in [0.15, 0.2) is 5.76 Å². The molecule has 0 bridgehead atoms. The average molecular weight is 456 g/mol. The molecule has 0 aliphatic heterocycles. The average Bonchev–Trinajstić information content (AvgIpc) is 3.54. The molecule has 1 aliphatic rings. The first kappa shape index (κ1) is 24.4. The summed E-state index contributed by atoms with van der Waals surface area (Å²) < 4.78 is 10.3. The van der Waals surface area contributed by atoms with E-state index < -0.39 is 11.9 Å². The fourth-order valence-electron chi connectivity index (χ4n) is 4.09. The van der Waals surface area contributed by atoms with Gasteiger partial charge in [-0.2, -0.15) is 0 Å². The van der Waals surface area contributed by atoms with Crippen molar-refractivity contribution in [3.63, 3.8) is 0 Å². The predicted molar refractivity (Wildman–Crippen MR) is 124 cm³/mol. The molecule has 1 aliphatic carbocycles. The number of carbonyl (C=O) groups excluding carboxylic acids is 3. The van der Waals surface area contributed by atoms with Crippen molar-refractivity contribution in [2.45, 2.75) is 57.5 Å². The van der Waals surface area contributed by atoms with Gasteiger partial charge in [0, 0.05) is 12.6 Å². The molecule has 0 saturated heterocycles. The Morgan fingerprint density at radius 3 is 2.48 bits per heavy atom. The molecule has 1 aromatic carbocycles. The topological polar surface area (TPSA) is 101 Å². The van der Waals surface area contributed by atoms with Crippen LogP contribution in [0.4, 0.5) is 0 Å². The minimum absolute atomic E-state index is 0.125. The van der Waals surface area contributed by atoms with Gasteiger partial charge in [-0.3, -0.25) is 14.4 Å². The van der Waals surface area contributed by atoms with Gasteiger partial charge in [-0.15, -0.1) is 0 Å². The van der Waals surface area contributed by atoms with Crippen LogP contribution in [0.1, 0.15) is 67.6 Å². The molecule has 33 heavy (non-hydrogen) atoms. The number of unbranched alkanes of at least 4 members (excludes halogenated alkanes) is 1. The molecule has 2 aromatic rings. The van der Waals surface area contributed by atoms with E-state index in [-0.39, 0.29) is 30.2 Å². The Labute approximate surface area is 194 Å². The summed E-state index contributed by atoms with van der Waals surface area (Å²) >= 11 is 0. The van der Waals surface area contributed by atoms with Crippen LogP contribution in [0.25, 0.3) is 0 Å². The fraction of sp³-hybridized carbons (Fsp3) is 0.480. The normalized spacial score (nSPS) is 14.5. The third kappa shape index (κ3) is 6.60. The van der Waals surface area contributed by atoms with E-state index in [1.54, 1.807) is 30.2 Å².